The molecular formula is C26H39N3O3. The Morgan fingerprint density at radius 3 is 2.44 bits per heavy atom. The molecule has 4 atom stereocenters. The molecule has 2 bridgehead atoms. The van der Waals surface area contributed by atoms with Gasteiger partial charge in [-0.3, -0.25) is 14.5 Å². The maximum absolute atomic E-state index is 12.5. The predicted octanol–water partition coefficient (Wildman–Crippen LogP) is 3.82. The van der Waals surface area contributed by atoms with E-state index in [1.54, 1.807) is 6.07 Å². The van der Waals surface area contributed by atoms with Gasteiger partial charge in [-0.2, -0.15) is 0 Å². The summed E-state index contributed by atoms with van der Waals surface area (Å²) >= 11 is 0. The van der Waals surface area contributed by atoms with Gasteiger partial charge in [-0.1, -0.05) is 44.2 Å². The van der Waals surface area contributed by atoms with Gasteiger partial charge >= 0.3 is 0 Å². The first-order valence-electron chi connectivity index (χ1n) is 12.6. The number of nitrogens with two attached hydrogens (primary N) is 1. The lowest BCUT2D eigenvalue weighted by Gasteiger charge is -2.41. The number of amides is 2. The highest BCUT2D eigenvalue weighted by atomic mass is 16.3. The maximum Gasteiger partial charge on any atom is 0.220 e. The summed E-state index contributed by atoms with van der Waals surface area (Å²) in [4.78, 5) is 26.3. The van der Waals surface area contributed by atoms with E-state index in [0.29, 0.717) is 29.7 Å². The molecule has 0 aromatic heterocycles. The van der Waals surface area contributed by atoms with Crippen molar-refractivity contribution in [3.8, 4) is 5.75 Å². The molecular weight excluding hydrogens is 402 g/mol. The van der Waals surface area contributed by atoms with Crippen molar-refractivity contribution in [3.05, 3.63) is 29.8 Å². The van der Waals surface area contributed by atoms with Crippen molar-refractivity contribution in [1.29, 1.82) is 0 Å². The number of piperidine rings is 1. The summed E-state index contributed by atoms with van der Waals surface area (Å²) < 4.78 is 0. The molecule has 2 saturated heterocycles. The molecule has 2 amide bonds. The average Bonchev–Trinajstić information content (AvgIpc) is 2.99. The molecule has 3 fully saturated rings. The van der Waals surface area contributed by atoms with Gasteiger partial charge in [0.25, 0.3) is 0 Å². The lowest BCUT2D eigenvalue weighted by Crippen LogP contribution is -2.51. The van der Waals surface area contributed by atoms with E-state index >= 15 is 0 Å². The molecule has 176 valence electrons. The monoisotopic (exact) mass is 441 g/mol. The molecule has 1 saturated carbocycles. The van der Waals surface area contributed by atoms with Gasteiger partial charge in [-0.05, 0) is 61.6 Å². The molecule has 4 N–H and O–H groups in total. The first kappa shape index (κ1) is 23.1. The maximum atomic E-state index is 12.5. The molecule has 1 aliphatic carbocycles. The van der Waals surface area contributed by atoms with Crippen LogP contribution in [0.2, 0.25) is 0 Å². The number of hydrogen-bond donors (Lipinski definition) is 3. The van der Waals surface area contributed by atoms with E-state index in [1.165, 1.54) is 50.5 Å². The standard InChI is InChI=1S/C26H39N3O3/c27-25(31)11-12-26(32)28-21(13-18-5-2-1-3-6-18)17-29-22-9-10-23(29)15-20(14-22)19-7-4-8-24(30)16-19/h4,7-8,16,18,20-23,30H,1-3,5-6,9-15,17H2,(H2,27,31)(H,28,32)/t20?,21?,22-,23+. The number of benzene rings is 1. The molecule has 2 aliphatic heterocycles. The van der Waals surface area contributed by atoms with E-state index in [4.69, 9.17) is 5.73 Å². The minimum Gasteiger partial charge on any atom is -0.508 e. The van der Waals surface area contributed by atoms with Gasteiger partial charge < -0.3 is 16.2 Å². The third-order valence-corrected chi connectivity index (χ3v) is 7.96. The Morgan fingerprint density at radius 2 is 1.78 bits per heavy atom. The van der Waals surface area contributed by atoms with Gasteiger partial charge in [0.1, 0.15) is 5.75 Å². The highest BCUT2D eigenvalue weighted by molar-refractivity contribution is 5.82. The lowest BCUT2D eigenvalue weighted by molar-refractivity contribution is -0.125. The Hall–Kier alpha value is -2.08. The van der Waals surface area contributed by atoms with Gasteiger partial charge in [0.15, 0.2) is 0 Å². The van der Waals surface area contributed by atoms with Gasteiger partial charge in [0.05, 0.1) is 0 Å². The summed E-state index contributed by atoms with van der Waals surface area (Å²) in [5, 5.41) is 13.2. The number of primary amides is 1. The van der Waals surface area contributed by atoms with Crippen molar-refractivity contribution in [1.82, 2.24) is 10.2 Å². The lowest BCUT2D eigenvalue weighted by atomic mass is 9.83. The topological polar surface area (TPSA) is 95.7 Å². The fourth-order valence-corrected chi connectivity index (χ4v) is 6.42. The van der Waals surface area contributed by atoms with Crippen LogP contribution in [-0.2, 0) is 9.59 Å². The van der Waals surface area contributed by atoms with Crippen LogP contribution in [-0.4, -0.2) is 46.5 Å². The smallest absolute Gasteiger partial charge is 0.220 e. The van der Waals surface area contributed by atoms with Crippen LogP contribution in [0.15, 0.2) is 24.3 Å². The summed E-state index contributed by atoms with van der Waals surface area (Å²) in [5.41, 5.74) is 6.49. The van der Waals surface area contributed by atoms with Crippen molar-refractivity contribution < 1.29 is 14.7 Å². The normalized spacial score (nSPS) is 27.2. The van der Waals surface area contributed by atoms with E-state index in [2.05, 4.69) is 16.3 Å². The number of hydrogen-bond acceptors (Lipinski definition) is 4. The second kappa shape index (κ2) is 10.7. The molecule has 0 radical (unpaired) electrons. The highest BCUT2D eigenvalue weighted by Crippen LogP contribution is 2.43. The third-order valence-electron chi connectivity index (χ3n) is 7.96. The van der Waals surface area contributed by atoms with E-state index in [9.17, 15) is 14.7 Å². The molecule has 1 aromatic carbocycles. The summed E-state index contributed by atoms with van der Waals surface area (Å²) in [6.07, 6.45) is 12.5. The second-order valence-electron chi connectivity index (χ2n) is 10.3. The SMILES string of the molecule is NC(=O)CCC(=O)NC(CC1CCCCC1)CN1[C@@H]2CC[C@H]1CC(c1cccc(O)c1)C2. The van der Waals surface area contributed by atoms with Gasteiger partial charge in [0, 0.05) is 37.5 Å². The number of carbonyl (C=O) groups excluding carboxylic acids is 2. The number of carbonyl (C=O) groups is 2. The average molecular weight is 442 g/mol. The minimum absolute atomic E-state index is 0.0494. The first-order valence-corrected chi connectivity index (χ1v) is 12.6. The quantitative estimate of drug-likeness (QED) is 0.543. The molecule has 4 rings (SSSR count). The van der Waals surface area contributed by atoms with Crippen LogP contribution in [0.25, 0.3) is 0 Å². The van der Waals surface area contributed by atoms with Crippen molar-refractivity contribution in [2.45, 2.75) is 101 Å². The Bertz CT molecular complexity index is 778. The highest BCUT2D eigenvalue weighted by Gasteiger charge is 2.42. The molecule has 6 nitrogen and oxygen atoms in total. The number of nitrogens with zero attached hydrogens (tertiary/aromatic N) is 1. The van der Waals surface area contributed by atoms with Gasteiger partial charge in [0.2, 0.25) is 11.8 Å². The number of aromatic hydroxyl groups is 1. The van der Waals surface area contributed by atoms with Crippen molar-refractivity contribution in [2.24, 2.45) is 11.7 Å². The third kappa shape index (κ3) is 6.03. The van der Waals surface area contributed by atoms with E-state index in [-0.39, 0.29) is 24.8 Å². The van der Waals surface area contributed by atoms with Crippen LogP contribution in [0, 0.1) is 5.92 Å². The number of phenols is 1. The zero-order valence-electron chi connectivity index (χ0n) is 19.2. The second-order valence-corrected chi connectivity index (χ2v) is 10.3. The molecule has 32 heavy (non-hydrogen) atoms. The van der Waals surface area contributed by atoms with Crippen LogP contribution in [0.5, 0.6) is 5.75 Å². The number of fused-ring (bicyclic) bond motifs is 2. The number of phenolic OH excluding ortho intramolecular Hbond substituents is 1. The first-order chi connectivity index (χ1) is 15.5. The fourth-order valence-electron chi connectivity index (χ4n) is 6.42. The molecule has 3 aliphatic rings. The Morgan fingerprint density at radius 1 is 1.06 bits per heavy atom. The zero-order valence-corrected chi connectivity index (χ0v) is 19.2. The van der Waals surface area contributed by atoms with E-state index in [1.807, 2.05) is 12.1 Å². The fraction of sp³-hybridized carbons (Fsp3) is 0.692. The van der Waals surface area contributed by atoms with Gasteiger partial charge in [-0.25, -0.2) is 0 Å². The Balaban J connectivity index is 1.39. The Kier molecular flexibility index (Phi) is 7.71. The largest absolute Gasteiger partial charge is 0.508 e. The summed E-state index contributed by atoms with van der Waals surface area (Å²) in [6.45, 7) is 0.904. The van der Waals surface area contributed by atoms with Crippen LogP contribution in [0.4, 0.5) is 0 Å². The van der Waals surface area contributed by atoms with Crippen molar-refractivity contribution in [2.75, 3.05) is 6.54 Å². The molecule has 0 spiro atoms. The molecule has 2 unspecified atom stereocenters. The number of rotatable bonds is 9. The molecule has 6 heteroatoms. The molecule has 2 heterocycles. The van der Waals surface area contributed by atoms with E-state index < -0.39 is 5.91 Å². The molecule has 1 aromatic rings. The van der Waals surface area contributed by atoms with Crippen LogP contribution in [0.3, 0.4) is 0 Å². The number of nitrogens with one attached hydrogen (secondary N) is 1. The van der Waals surface area contributed by atoms with E-state index in [0.717, 1.165) is 25.8 Å². The van der Waals surface area contributed by atoms with Gasteiger partial charge in [-0.15, -0.1) is 0 Å². The summed E-state index contributed by atoms with van der Waals surface area (Å²) in [5.74, 6) is 1.07. The Labute approximate surface area is 191 Å². The van der Waals surface area contributed by atoms with Crippen LogP contribution >= 0.6 is 0 Å². The van der Waals surface area contributed by atoms with Crippen molar-refractivity contribution >= 4 is 11.8 Å². The summed E-state index contributed by atoms with van der Waals surface area (Å²) in [6, 6.07) is 8.97. The minimum atomic E-state index is -0.420. The van der Waals surface area contributed by atoms with Crippen LogP contribution in [0.1, 0.15) is 88.5 Å². The summed E-state index contributed by atoms with van der Waals surface area (Å²) in [7, 11) is 0. The zero-order chi connectivity index (χ0) is 22.5. The van der Waals surface area contributed by atoms with Crippen LogP contribution < -0.4 is 11.1 Å². The predicted molar refractivity (Wildman–Crippen MR) is 125 cm³/mol. The van der Waals surface area contributed by atoms with Crippen molar-refractivity contribution in [3.63, 3.8) is 0 Å².